The van der Waals surface area contributed by atoms with Crippen LogP contribution in [0.4, 0.5) is 0 Å². The van der Waals surface area contributed by atoms with Crippen molar-refractivity contribution in [2.24, 2.45) is 72.4 Å². The van der Waals surface area contributed by atoms with Crippen molar-refractivity contribution in [2.75, 3.05) is 0 Å². The third-order valence-corrected chi connectivity index (χ3v) is 34.5. The van der Waals surface area contributed by atoms with Crippen LogP contribution in [-0.2, 0) is 66.7 Å². The molecule has 9 rings (SSSR count). The minimum Gasteiger partial charge on any atom is -0.459 e. The molecule has 0 aromatic heterocycles. The highest BCUT2D eigenvalue weighted by Crippen LogP contribution is 2.71. The van der Waals surface area contributed by atoms with Gasteiger partial charge < -0.3 is 33.2 Å². The van der Waals surface area contributed by atoms with Crippen molar-refractivity contribution in [2.45, 2.75) is 595 Å². The first kappa shape index (κ1) is 115. The third-order valence-electron chi connectivity index (χ3n) is 34.5. The molecule has 0 spiro atoms. The van der Waals surface area contributed by atoms with Crippen LogP contribution in [0.5, 0.6) is 0 Å². The lowest BCUT2D eigenvalue weighted by Gasteiger charge is -2.47. The van der Waals surface area contributed by atoms with E-state index < -0.39 is 0 Å². The molecule has 2 bridgehead atoms. The molecule has 0 amide bonds. The number of hydrogen-bond acceptors (Lipinski definition) is 14. The van der Waals surface area contributed by atoms with E-state index in [1.807, 2.05) is 125 Å². The van der Waals surface area contributed by atoms with Crippen LogP contribution in [-0.4, -0.2) is 81.0 Å². The SMILES string of the molecule is CCC(C)(C)C(=O)OC(C)(C)C1CCCCC1.CCC(C)(C)C(=O)OC(C)(C1CCCCC1)C1CCCCC1.CCC(C)(C)C(=O)OC1(C)CC2CCC1(C)C2(C)C.CCC(C)(C)C(=O)OC1(C)CCCCC1.CCC(C)(C)C(=O)OC1(C)CCCCCC1.CCC(C)(C)C(=O)OC1(C)CCCCCCC1.CCC(C)(C)C(=O)OC1(C)CCCCCCCCC1. The van der Waals surface area contributed by atoms with Gasteiger partial charge in [0.05, 0.1) is 37.9 Å². The van der Waals surface area contributed by atoms with Crippen molar-refractivity contribution in [1.29, 1.82) is 0 Å². The number of hydrogen-bond donors (Lipinski definition) is 0. The fraction of sp³-hybridized carbons (Fsp3) is 0.937. The molecular weight excluding hydrogens is 1560 g/mol. The summed E-state index contributed by atoms with van der Waals surface area (Å²) in [5.41, 5.74) is -3.73. The van der Waals surface area contributed by atoms with Crippen LogP contribution in [0.2, 0.25) is 0 Å². The molecule has 9 saturated carbocycles. The summed E-state index contributed by atoms with van der Waals surface area (Å²) < 4.78 is 41.4. The van der Waals surface area contributed by atoms with Gasteiger partial charge in [-0.2, -0.15) is 0 Å². The van der Waals surface area contributed by atoms with Gasteiger partial charge in [-0.05, 0) is 387 Å². The molecule has 732 valence electrons. The Bertz CT molecular complexity index is 3110. The Labute approximate surface area is 771 Å². The maximum absolute atomic E-state index is 12.8. The van der Waals surface area contributed by atoms with E-state index >= 15 is 0 Å². The molecule has 0 aromatic carbocycles. The van der Waals surface area contributed by atoms with Gasteiger partial charge in [0.25, 0.3) is 0 Å². The zero-order chi connectivity index (χ0) is 95.1. The molecule has 0 radical (unpaired) electrons. The van der Waals surface area contributed by atoms with Gasteiger partial charge in [0.15, 0.2) is 0 Å². The van der Waals surface area contributed by atoms with Gasteiger partial charge in [0.1, 0.15) is 39.2 Å². The summed E-state index contributed by atoms with van der Waals surface area (Å²) >= 11 is 0. The molecule has 9 aliphatic rings. The third kappa shape index (κ3) is 35.3. The van der Waals surface area contributed by atoms with Crippen molar-refractivity contribution in [1.82, 2.24) is 0 Å². The Balaban J connectivity index is 0.000000378. The quantitative estimate of drug-likeness (QED) is 0.0505. The largest absolute Gasteiger partial charge is 0.459 e. The summed E-state index contributed by atoms with van der Waals surface area (Å²) in [5, 5.41) is 0. The molecule has 125 heavy (non-hydrogen) atoms. The summed E-state index contributed by atoms with van der Waals surface area (Å²) in [6, 6.07) is 0. The molecular formula is C111H204O14. The Morgan fingerprint density at radius 1 is 0.240 bits per heavy atom. The first-order valence-electron chi connectivity index (χ1n) is 52.4. The minimum absolute atomic E-state index is 0.0189. The molecule has 0 aromatic rings. The second kappa shape index (κ2) is 50.4. The number of rotatable bonds is 24. The van der Waals surface area contributed by atoms with Crippen LogP contribution < -0.4 is 0 Å². The molecule has 9 fully saturated rings. The zero-order valence-electron chi connectivity index (χ0n) is 88.3. The summed E-state index contributed by atoms with van der Waals surface area (Å²) in [6.07, 6.45) is 60.6. The number of ether oxygens (including phenoxy) is 7. The normalized spacial score (nSPS) is 24.2. The van der Waals surface area contributed by atoms with E-state index in [4.69, 9.17) is 33.2 Å². The Kier molecular flexibility index (Phi) is 46.6. The predicted octanol–water partition coefficient (Wildman–Crippen LogP) is 32.3. The van der Waals surface area contributed by atoms with Crippen LogP contribution in [0.1, 0.15) is 555 Å². The maximum atomic E-state index is 12.8. The van der Waals surface area contributed by atoms with Gasteiger partial charge in [0.2, 0.25) is 0 Å². The summed E-state index contributed by atoms with van der Waals surface area (Å²) in [5.74, 6) is 2.22. The van der Waals surface area contributed by atoms with Crippen molar-refractivity contribution in [3.8, 4) is 0 Å². The van der Waals surface area contributed by atoms with Gasteiger partial charge in [-0.1, -0.05) is 198 Å². The standard InChI is InChI=1S/C20H36O2.C17H30O2.C17H32O2.2C15H28O2.C14H26O2.C13H24O2/c1-5-19(2,3)18(21)22-20(4,16-12-8-6-9-13-16)17-14-10-7-11-15-17;1-8-14(2,3)13(18)19-17(7)11-12-9-10-16(17,6)15(12,4)5;1-5-16(2,3)15(18)19-17(4)13-11-9-7-6-8-10-12-14-17;1-6-14(2,3)13(16)17-15(4,5)12-10-8-7-9-11-12;1-5-14(2,3)13(16)17-15(4)11-9-7-6-8-10-12-15;1-5-13(2,3)12(15)16-14(4)10-8-6-7-9-11-14;1-5-12(2,3)11(14)15-13(4)9-7-6-8-10-13/h16-17H,5-15H2,1-4H3;12H,8-11H2,1-7H3;5-14H2,1-4H3;12H,6-11H2,1-5H3;5-12H2,1-4H3;5-11H2,1-4H3;5-10H2,1-4H3. The number of carbonyl (C=O) groups excluding carboxylic acids is 7. The molecule has 0 heterocycles. The first-order chi connectivity index (χ1) is 57.8. The van der Waals surface area contributed by atoms with Gasteiger partial charge in [0, 0.05) is 5.41 Å². The highest BCUT2D eigenvalue weighted by atomic mass is 16.6. The fourth-order valence-corrected chi connectivity index (χ4v) is 19.8. The maximum Gasteiger partial charge on any atom is 0.312 e. The van der Waals surface area contributed by atoms with E-state index in [0.29, 0.717) is 23.7 Å². The molecule has 14 heteroatoms. The van der Waals surface area contributed by atoms with Crippen molar-refractivity contribution in [3.63, 3.8) is 0 Å². The predicted molar refractivity (Wildman–Crippen MR) is 519 cm³/mol. The number of fused-ring (bicyclic) bond motifs is 2. The van der Waals surface area contributed by atoms with Gasteiger partial charge in [-0.15, -0.1) is 0 Å². The fourth-order valence-electron chi connectivity index (χ4n) is 19.8. The Morgan fingerprint density at radius 2 is 0.440 bits per heavy atom. The van der Waals surface area contributed by atoms with E-state index in [1.165, 1.54) is 231 Å². The van der Waals surface area contributed by atoms with Crippen LogP contribution in [0.25, 0.3) is 0 Å². The van der Waals surface area contributed by atoms with Crippen LogP contribution >= 0.6 is 0 Å². The lowest BCUT2D eigenvalue weighted by Crippen LogP contribution is -2.49. The van der Waals surface area contributed by atoms with E-state index in [0.717, 1.165) is 103 Å². The van der Waals surface area contributed by atoms with Crippen molar-refractivity contribution >= 4 is 41.8 Å². The zero-order valence-corrected chi connectivity index (χ0v) is 88.3. The Hall–Kier alpha value is -3.71. The highest BCUT2D eigenvalue weighted by Gasteiger charge is 2.69. The van der Waals surface area contributed by atoms with E-state index in [9.17, 15) is 33.6 Å². The first-order valence-corrected chi connectivity index (χ1v) is 52.4. The minimum atomic E-state index is -0.370. The molecule has 0 aliphatic heterocycles. The van der Waals surface area contributed by atoms with Crippen molar-refractivity contribution < 1.29 is 66.7 Å². The molecule has 0 saturated heterocycles. The molecule has 3 atom stereocenters. The molecule has 9 aliphatic carbocycles. The van der Waals surface area contributed by atoms with Gasteiger partial charge >= 0.3 is 41.8 Å². The molecule has 0 N–H and O–H groups in total. The van der Waals surface area contributed by atoms with E-state index in [-0.39, 0.29) is 130 Å². The van der Waals surface area contributed by atoms with Crippen LogP contribution in [0, 0.1) is 72.4 Å². The summed E-state index contributed by atoms with van der Waals surface area (Å²) in [4.78, 5) is 85.8. The average molecular weight is 1760 g/mol. The smallest absolute Gasteiger partial charge is 0.312 e. The van der Waals surface area contributed by atoms with E-state index in [1.54, 1.807) is 0 Å². The average Bonchev–Trinajstić information content (AvgIpc) is 1.53. The van der Waals surface area contributed by atoms with E-state index in [2.05, 4.69) is 96.9 Å². The topological polar surface area (TPSA) is 184 Å². The molecule has 14 nitrogen and oxygen atoms in total. The van der Waals surface area contributed by atoms with Crippen molar-refractivity contribution in [3.05, 3.63) is 0 Å². The molecule has 3 unspecified atom stereocenters. The second-order valence-electron chi connectivity index (χ2n) is 48.4. The summed E-state index contributed by atoms with van der Waals surface area (Å²) in [7, 11) is 0. The summed E-state index contributed by atoms with van der Waals surface area (Å²) in [6.45, 7) is 66.1. The van der Waals surface area contributed by atoms with Crippen LogP contribution in [0.3, 0.4) is 0 Å². The lowest BCUT2D eigenvalue weighted by atomic mass is 9.65. The van der Waals surface area contributed by atoms with Gasteiger partial charge in [-0.3, -0.25) is 33.6 Å². The van der Waals surface area contributed by atoms with Gasteiger partial charge in [-0.25, -0.2) is 0 Å². The number of carbonyl (C=O) groups is 7. The highest BCUT2D eigenvalue weighted by molar-refractivity contribution is 5.79. The number of esters is 7. The Morgan fingerprint density at radius 3 is 0.664 bits per heavy atom. The lowest BCUT2D eigenvalue weighted by molar-refractivity contribution is -0.187. The van der Waals surface area contributed by atoms with Crippen LogP contribution in [0.15, 0.2) is 0 Å². The second-order valence-corrected chi connectivity index (χ2v) is 48.4. The monoisotopic (exact) mass is 1760 g/mol.